The molecule has 0 aliphatic carbocycles. The van der Waals surface area contributed by atoms with Crippen LogP contribution in [0.2, 0.25) is 0 Å². The third-order valence-electron chi connectivity index (χ3n) is 5.51. The van der Waals surface area contributed by atoms with Crippen LogP contribution in [0.25, 0.3) is 11.3 Å². The number of hydrogen-bond acceptors (Lipinski definition) is 6. The Labute approximate surface area is 174 Å². The van der Waals surface area contributed by atoms with Gasteiger partial charge in [0.25, 0.3) is 5.69 Å². The maximum Gasteiger partial charge on any atom is 0.296 e. The molecule has 8 nitrogen and oxygen atoms in total. The Hall–Kier alpha value is -3.55. The summed E-state index contributed by atoms with van der Waals surface area (Å²) in [6.07, 6.45) is 3.74. The van der Waals surface area contributed by atoms with Crippen molar-refractivity contribution in [3.63, 3.8) is 0 Å². The van der Waals surface area contributed by atoms with Crippen LogP contribution in [0.3, 0.4) is 0 Å². The van der Waals surface area contributed by atoms with Crippen molar-refractivity contribution in [3.8, 4) is 22.8 Å². The number of piperidine rings is 1. The largest absolute Gasteiger partial charge is 0.493 e. The van der Waals surface area contributed by atoms with Crippen molar-refractivity contribution >= 4 is 11.4 Å². The summed E-state index contributed by atoms with van der Waals surface area (Å²) in [5.41, 5.74) is 2.61. The predicted molar refractivity (Wildman–Crippen MR) is 114 cm³/mol. The molecule has 30 heavy (non-hydrogen) atoms. The highest BCUT2D eigenvalue weighted by Gasteiger charge is 2.29. The van der Waals surface area contributed by atoms with Gasteiger partial charge in [-0.1, -0.05) is 30.3 Å². The Kier molecular flexibility index (Phi) is 5.56. The topological polar surface area (TPSA) is 93.5 Å². The summed E-state index contributed by atoms with van der Waals surface area (Å²) in [5, 5.41) is 11.7. The highest BCUT2D eigenvalue weighted by atomic mass is 16.6. The Balaban J connectivity index is 1.62. The van der Waals surface area contributed by atoms with Crippen molar-refractivity contribution in [3.05, 3.63) is 64.6 Å². The first-order chi connectivity index (χ1) is 14.6. The second kappa shape index (κ2) is 8.44. The van der Waals surface area contributed by atoms with Gasteiger partial charge in [-0.3, -0.25) is 10.1 Å². The molecule has 2 heterocycles. The maximum atomic E-state index is 11.7. The van der Waals surface area contributed by atoms with E-state index in [4.69, 9.17) is 9.47 Å². The number of benzene rings is 2. The zero-order valence-corrected chi connectivity index (χ0v) is 17.0. The van der Waals surface area contributed by atoms with E-state index in [1.54, 1.807) is 6.07 Å². The van der Waals surface area contributed by atoms with Gasteiger partial charge in [0.15, 0.2) is 11.5 Å². The molecule has 1 N–H and O–H groups in total. The van der Waals surface area contributed by atoms with Gasteiger partial charge in [0, 0.05) is 25.1 Å². The fraction of sp³-hybridized carbons (Fsp3) is 0.318. The Morgan fingerprint density at radius 2 is 1.90 bits per heavy atom. The van der Waals surface area contributed by atoms with Gasteiger partial charge in [-0.25, -0.2) is 4.98 Å². The fourth-order valence-corrected chi connectivity index (χ4v) is 3.98. The van der Waals surface area contributed by atoms with Gasteiger partial charge in [-0.15, -0.1) is 0 Å². The van der Waals surface area contributed by atoms with Gasteiger partial charge in [0.05, 0.1) is 37.1 Å². The van der Waals surface area contributed by atoms with Crippen molar-refractivity contribution < 1.29 is 14.4 Å². The molecule has 1 fully saturated rings. The number of H-pyrrole nitrogens is 1. The number of aromatic nitrogens is 2. The summed E-state index contributed by atoms with van der Waals surface area (Å²) in [6.45, 7) is 1.37. The molecule has 0 spiro atoms. The van der Waals surface area contributed by atoms with Crippen LogP contribution in [0.5, 0.6) is 11.5 Å². The van der Waals surface area contributed by atoms with Gasteiger partial charge in [0.2, 0.25) is 0 Å². The standard InChI is InChI=1S/C22H24N4O4/c1-29-20-11-18(19(26(27)28)12-21(20)30-2)25-10-6-9-16(14-25)22-23-13-17(24-22)15-7-4-3-5-8-15/h3-5,7-8,11-13,16H,6,9-10,14H2,1-2H3,(H,23,24). The van der Waals surface area contributed by atoms with Crippen LogP contribution in [0.15, 0.2) is 48.7 Å². The van der Waals surface area contributed by atoms with E-state index in [2.05, 4.69) is 9.97 Å². The van der Waals surface area contributed by atoms with Crippen molar-refractivity contribution in [2.75, 3.05) is 32.2 Å². The molecule has 0 bridgehead atoms. The smallest absolute Gasteiger partial charge is 0.296 e. The van der Waals surface area contributed by atoms with E-state index < -0.39 is 0 Å². The number of methoxy groups -OCH3 is 2. The molecule has 1 aliphatic heterocycles. The van der Waals surface area contributed by atoms with E-state index in [0.29, 0.717) is 23.7 Å². The number of ether oxygens (including phenoxy) is 2. The summed E-state index contributed by atoms with van der Waals surface area (Å²) in [7, 11) is 3.00. The normalized spacial score (nSPS) is 16.3. The van der Waals surface area contributed by atoms with E-state index >= 15 is 0 Å². The van der Waals surface area contributed by atoms with Gasteiger partial charge >= 0.3 is 0 Å². The van der Waals surface area contributed by atoms with E-state index in [1.165, 1.54) is 20.3 Å². The van der Waals surface area contributed by atoms with Crippen LogP contribution < -0.4 is 14.4 Å². The number of aromatic amines is 1. The van der Waals surface area contributed by atoms with Crippen molar-refractivity contribution in [1.82, 2.24) is 9.97 Å². The van der Waals surface area contributed by atoms with Crippen LogP contribution in [0.1, 0.15) is 24.6 Å². The molecule has 0 saturated carbocycles. The number of anilines is 1. The molecule has 0 radical (unpaired) electrons. The third-order valence-corrected chi connectivity index (χ3v) is 5.51. The minimum Gasteiger partial charge on any atom is -0.493 e. The number of nitrogens with zero attached hydrogens (tertiary/aromatic N) is 3. The molecule has 8 heteroatoms. The molecule has 2 aromatic carbocycles. The molecule has 1 saturated heterocycles. The monoisotopic (exact) mass is 408 g/mol. The second-order valence-corrected chi connectivity index (χ2v) is 7.29. The molecular formula is C22H24N4O4. The van der Waals surface area contributed by atoms with Crippen LogP contribution >= 0.6 is 0 Å². The third kappa shape index (κ3) is 3.80. The first-order valence-electron chi connectivity index (χ1n) is 9.86. The van der Waals surface area contributed by atoms with Gasteiger partial charge in [-0.2, -0.15) is 0 Å². The Morgan fingerprint density at radius 3 is 2.60 bits per heavy atom. The SMILES string of the molecule is COc1cc(N2CCCC(c3ncc(-c4ccccc4)[nH]3)C2)c([N+](=O)[O-])cc1OC. The van der Waals surface area contributed by atoms with Crippen LogP contribution in [-0.4, -0.2) is 42.2 Å². The number of imidazole rings is 1. The number of hydrogen-bond donors (Lipinski definition) is 1. The number of nitro benzene ring substituents is 1. The lowest BCUT2D eigenvalue weighted by atomic mass is 9.96. The average Bonchev–Trinajstić information content (AvgIpc) is 3.29. The van der Waals surface area contributed by atoms with E-state index in [-0.39, 0.29) is 16.5 Å². The van der Waals surface area contributed by atoms with Crippen molar-refractivity contribution in [1.29, 1.82) is 0 Å². The molecule has 156 valence electrons. The first kappa shape index (κ1) is 19.8. The van der Waals surface area contributed by atoms with E-state index in [1.807, 2.05) is 41.4 Å². The van der Waals surface area contributed by atoms with Crippen molar-refractivity contribution in [2.45, 2.75) is 18.8 Å². The van der Waals surface area contributed by atoms with Gasteiger partial charge in [0.1, 0.15) is 11.5 Å². The van der Waals surface area contributed by atoms with Crippen molar-refractivity contribution in [2.24, 2.45) is 0 Å². The van der Waals surface area contributed by atoms with E-state index in [0.717, 1.165) is 36.5 Å². The molecule has 3 aromatic rings. The minimum absolute atomic E-state index is 0.0118. The summed E-state index contributed by atoms with van der Waals surface area (Å²) in [6, 6.07) is 13.2. The molecule has 0 amide bonds. The van der Waals surface area contributed by atoms with Crippen LogP contribution in [-0.2, 0) is 0 Å². The molecular weight excluding hydrogens is 384 g/mol. The quantitative estimate of drug-likeness (QED) is 0.480. The highest BCUT2D eigenvalue weighted by molar-refractivity contribution is 5.70. The molecule has 1 aromatic heterocycles. The summed E-state index contributed by atoms with van der Waals surface area (Å²) >= 11 is 0. The summed E-state index contributed by atoms with van der Waals surface area (Å²) in [4.78, 5) is 21.4. The Morgan fingerprint density at radius 1 is 1.17 bits per heavy atom. The Bertz CT molecular complexity index is 1030. The summed E-state index contributed by atoms with van der Waals surface area (Å²) < 4.78 is 10.6. The van der Waals surface area contributed by atoms with E-state index in [9.17, 15) is 10.1 Å². The second-order valence-electron chi connectivity index (χ2n) is 7.29. The number of nitrogens with one attached hydrogen (secondary N) is 1. The molecule has 4 rings (SSSR count). The van der Waals surface area contributed by atoms with Gasteiger partial charge < -0.3 is 19.4 Å². The zero-order chi connectivity index (χ0) is 21.1. The number of nitro groups is 1. The molecule has 1 atom stereocenters. The molecule has 1 unspecified atom stereocenters. The summed E-state index contributed by atoms with van der Waals surface area (Å²) in [5.74, 6) is 1.88. The lowest BCUT2D eigenvalue weighted by Crippen LogP contribution is -2.35. The zero-order valence-electron chi connectivity index (χ0n) is 17.0. The molecule has 1 aliphatic rings. The average molecular weight is 408 g/mol. The minimum atomic E-state index is -0.374. The maximum absolute atomic E-state index is 11.7. The van der Waals surface area contributed by atoms with Crippen LogP contribution in [0.4, 0.5) is 11.4 Å². The van der Waals surface area contributed by atoms with Gasteiger partial charge in [-0.05, 0) is 18.4 Å². The lowest BCUT2D eigenvalue weighted by Gasteiger charge is -2.33. The number of rotatable bonds is 6. The van der Waals surface area contributed by atoms with Crippen LogP contribution in [0, 0.1) is 10.1 Å². The lowest BCUT2D eigenvalue weighted by molar-refractivity contribution is -0.384. The highest BCUT2D eigenvalue weighted by Crippen LogP contribution is 2.41. The fourth-order valence-electron chi connectivity index (χ4n) is 3.98. The predicted octanol–water partition coefficient (Wildman–Crippen LogP) is 4.39. The first-order valence-corrected chi connectivity index (χ1v) is 9.86.